The third-order valence-electron chi connectivity index (χ3n) is 4.13. The predicted molar refractivity (Wildman–Crippen MR) is 103 cm³/mol. The summed E-state index contributed by atoms with van der Waals surface area (Å²) in [6.07, 6.45) is 1.78. The lowest BCUT2D eigenvalue weighted by Gasteiger charge is -2.14. The van der Waals surface area contributed by atoms with Gasteiger partial charge < -0.3 is 4.74 Å². The van der Waals surface area contributed by atoms with Crippen molar-refractivity contribution in [2.24, 2.45) is 0 Å². The second-order valence-corrected chi connectivity index (χ2v) is 6.58. The zero-order valence-corrected chi connectivity index (χ0v) is 15.7. The molecule has 25 heavy (non-hydrogen) atoms. The predicted octanol–water partition coefficient (Wildman–Crippen LogP) is 5.48. The molecule has 0 saturated heterocycles. The summed E-state index contributed by atoms with van der Waals surface area (Å²) in [5.41, 5.74) is 5.60. The van der Waals surface area contributed by atoms with Gasteiger partial charge in [0, 0.05) is 22.9 Å². The molecule has 3 aromatic rings. The molecule has 0 aliphatic heterocycles. The SMILES string of the molecule is Cc1cc(-c2ccccn2)ccc1OCc1c(C)cccc1C(=O)Br. The molecular formula is C21H18BrNO2. The summed E-state index contributed by atoms with van der Waals surface area (Å²) < 4.78 is 5.86. The van der Waals surface area contributed by atoms with Crippen LogP contribution >= 0.6 is 15.9 Å². The minimum absolute atomic E-state index is 0.128. The summed E-state index contributed by atoms with van der Waals surface area (Å²) in [6, 6.07) is 17.5. The summed E-state index contributed by atoms with van der Waals surface area (Å²) in [6.45, 7) is 4.34. The van der Waals surface area contributed by atoms with Crippen molar-refractivity contribution in [3.05, 3.63) is 83.0 Å². The molecule has 0 amide bonds. The van der Waals surface area contributed by atoms with E-state index in [2.05, 4.69) is 27.0 Å². The maximum absolute atomic E-state index is 11.8. The van der Waals surface area contributed by atoms with E-state index in [4.69, 9.17) is 4.74 Å². The summed E-state index contributed by atoms with van der Waals surface area (Å²) in [5, 5.41) is 0. The maximum Gasteiger partial charge on any atom is 0.228 e. The minimum atomic E-state index is -0.128. The number of aryl methyl sites for hydroxylation is 2. The summed E-state index contributed by atoms with van der Waals surface area (Å²) in [5.74, 6) is 0.802. The number of carbonyl (C=O) groups is 1. The van der Waals surface area contributed by atoms with E-state index in [1.54, 1.807) is 12.3 Å². The van der Waals surface area contributed by atoms with E-state index in [9.17, 15) is 4.79 Å². The van der Waals surface area contributed by atoms with Gasteiger partial charge in [0.15, 0.2) is 0 Å². The molecule has 0 aliphatic rings. The van der Waals surface area contributed by atoms with Crippen molar-refractivity contribution in [1.29, 1.82) is 0 Å². The molecule has 0 bridgehead atoms. The van der Waals surface area contributed by atoms with Crippen LogP contribution < -0.4 is 4.74 Å². The van der Waals surface area contributed by atoms with E-state index in [-0.39, 0.29) is 4.69 Å². The number of hydrogen-bond donors (Lipinski definition) is 0. The van der Waals surface area contributed by atoms with Crippen LogP contribution in [-0.4, -0.2) is 9.68 Å². The van der Waals surface area contributed by atoms with E-state index in [0.717, 1.165) is 33.7 Å². The fraction of sp³-hybridized carbons (Fsp3) is 0.143. The van der Waals surface area contributed by atoms with E-state index in [0.29, 0.717) is 12.2 Å². The lowest BCUT2D eigenvalue weighted by Crippen LogP contribution is -2.05. The highest BCUT2D eigenvalue weighted by atomic mass is 79.9. The van der Waals surface area contributed by atoms with Gasteiger partial charge in [0.1, 0.15) is 12.4 Å². The first kappa shape index (κ1) is 17.4. The average molecular weight is 396 g/mol. The number of nitrogens with zero attached hydrogens (tertiary/aromatic N) is 1. The van der Waals surface area contributed by atoms with Crippen LogP contribution in [0.2, 0.25) is 0 Å². The van der Waals surface area contributed by atoms with Crippen molar-refractivity contribution in [1.82, 2.24) is 4.98 Å². The highest BCUT2D eigenvalue weighted by molar-refractivity contribution is 9.18. The topological polar surface area (TPSA) is 39.2 Å². The fourth-order valence-corrected chi connectivity index (χ4v) is 3.10. The molecule has 0 fully saturated rings. The molecule has 4 heteroatoms. The molecule has 0 spiro atoms. The van der Waals surface area contributed by atoms with Crippen LogP contribution in [0.4, 0.5) is 0 Å². The molecule has 1 heterocycles. The van der Waals surface area contributed by atoms with Crippen LogP contribution in [0.25, 0.3) is 11.3 Å². The Labute approximate surface area is 155 Å². The van der Waals surface area contributed by atoms with Gasteiger partial charge in [-0.25, -0.2) is 0 Å². The smallest absolute Gasteiger partial charge is 0.228 e. The molecule has 0 unspecified atom stereocenters. The molecule has 1 aromatic heterocycles. The van der Waals surface area contributed by atoms with Crippen molar-refractivity contribution in [2.45, 2.75) is 20.5 Å². The van der Waals surface area contributed by atoms with Crippen LogP contribution in [0.3, 0.4) is 0 Å². The molecule has 2 aromatic carbocycles. The van der Waals surface area contributed by atoms with Crippen LogP contribution in [0.1, 0.15) is 27.0 Å². The Balaban J connectivity index is 1.82. The van der Waals surface area contributed by atoms with Gasteiger partial charge >= 0.3 is 0 Å². The van der Waals surface area contributed by atoms with E-state index in [1.165, 1.54) is 0 Å². The molecule has 0 atom stereocenters. The molecule has 0 saturated carbocycles. The van der Waals surface area contributed by atoms with Gasteiger partial charge in [-0.1, -0.05) is 24.3 Å². The molecule has 3 rings (SSSR count). The molecular weight excluding hydrogens is 378 g/mol. The molecule has 0 aliphatic carbocycles. The van der Waals surface area contributed by atoms with Crippen LogP contribution in [0, 0.1) is 13.8 Å². The van der Waals surface area contributed by atoms with Crippen molar-refractivity contribution < 1.29 is 9.53 Å². The van der Waals surface area contributed by atoms with Crippen molar-refractivity contribution in [3.63, 3.8) is 0 Å². The molecule has 0 radical (unpaired) electrons. The van der Waals surface area contributed by atoms with Gasteiger partial charge in [-0.2, -0.15) is 0 Å². The maximum atomic E-state index is 11.8. The number of aromatic nitrogens is 1. The highest BCUT2D eigenvalue weighted by Gasteiger charge is 2.12. The first-order valence-electron chi connectivity index (χ1n) is 7.99. The number of benzene rings is 2. The second-order valence-electron chi connectivity index (χ2n) is 5.86. The van der Waals surface area contributed by atoms with Gasteiger partial charge in [0.2, 0.25) is 4.69 Å². The number of pyridine rings is 1. The third-order valence-corrected chi connectivity index (χ3v) is 4.56. The average Bonchev–Trinajstić information content (AvgIpc) is 2.62. The van der Waals surface area contributed by atoms with E-state index >= 15 is 0 Å². The fourth-order valence-electron chi connectivity index (χ4n) is 2.73. The van der Waals surface area contributed by atoms with Crippen molar-refractivity contribution in [3.8, 4) is 17.0 Å². The molecule has 126 valence electrons. The first-order chi connectivity index (χ1) is 12.1. The van der Waals surface area contributed by atoms with E-state index in [1.807, 2.05) is 56.3 Å². The van der Waals surface area contributed by atoms with Gasteiger partial charge in [-0.05, 0) is 71.2 Å². The van der Waals surface area contributed by atoms with Crippen molar-refractivity contribution >= 4 is 20.6 Å². The highest BCUT2D eigenvalue weighted by Crippen LogP contribution is 2.26. The van der Waals surface area contributed by atoms with Gasteiger partial charge in [-0.15, -0.1) is 0 Å². The van der Waals surface area contributed by atoms with Gasteiger partial charge in [0.05, 0.1) is 5.69 Å². The number of hydrogen-bond acceptors (Lipinski definition) is 3. The summed E-state index contributed by atoms with van der Waals surface area (Å²) >= 11 is 3.04. The normalized spacial score (nSPS) is 10.5. The Kier molecular flexibility index (Phi) is 5.29. The van der Waals surface area contributed by atoms with Crippen molar-refractivity contribution in [2.75, 3.05) is 0 Å². The summed E-state index contributed by atoms with van der Waals surface area (Å²) in [7, 11) is 0. The van der Waals surface area contributed by atoms with Crippen LogP contribution in [0.5, 0.6) is 5.75 Å². The summed E-state index contributed by atoms with van der Waals surface area (Å²) in [4.78, 5) is 16.1. The lowest BCUT2D eigenvalue weighted by molar-refractivity contribution is 0.109. The second kappa shape index (κ2) is 7.62. The quantitative estimate of drug-likeness (QED) is 0.536. The molecule has 0 N–H and O–H groups in total. The standard InChI is InChI=1S/C21H18BrNO2/c1-14-6-5-7-17(21(22)24)18(14)13-25-20-10-9-16(12-15(20)2)19-8-3-4-11-23-19/h3-12H,13H2,1-2H3. The number of ether oxygens (including phenoxy) is 1. The van der Waals surface area contributed by atoms with E-state index < -0.39 is 0 Å². The van der Waals surface area contributed by atoms with Crippen LogP contribution in [-0.2, 0) is 6.61 Å². The monoisotopic (exact) mass is 395 g/mol. The van der Waals surface area contributed by atoms with Gasteiger partial charge in [-0.3, -0.25) is 9.78 Å². The minimum Gasteiger partial charge on any atom is -0.489 e. The number of halogens is 1. The number of rotatable bonds is 5. The zero-order chi connectivity index (χ0) is 17.8. The Morgan fingerprint density at radius 2 is 1.88 bits per heavy atom. The largest absolute Gasteiger partial charge is 0.489 e. The Morgan fingerprint density at radius 3 is 2.56 bits per heavy atom. The lowest BCUT2D eigenvalue weighted by atomic mass is 10.0. The Morgan fingerprint density at radius 1 is 1.04 bits per heavy atom. The molecule has 3 nitrogen and oxygen atoms in total. The van der Waals surface area contributed by atoms with Gasteiger partial charge in [0.25, 0.3) is 0 Å². The third kappa shape index (κ3) is 3.97. The Bertz CT molecular complexity index is 907. The van der Waals surface area contributed by atoms with Crippen LogP contribution in [0.15, 0.2) is 60.8 Å². The first-order valence-corrected chi connectivity index (χ1v) is 8.78. The number of carbonyl (C=O) groups excluding carboxylic acids is 1. The zero-order valence-electron chi connectivity index (χ0n) is 14.1. The Hall–Kier alpha value is -2.46.